The molecule has 1 atom stereocenters. The Kier molecular flexibility index (Phi) is 1.92. The zero-order valence-electron chi connectivity index (χ0n) is 8.82. The van der Waals surface area contributed by atoms with Crippen molar-refractivity contribution in [2.75, 3.05) is 0 Å². The van der Waals surface area contributed by atoms with Crippen molar-refractivity contribution >= 4 is 0 Å². The Morgan fingerprint density at radius 3 is 2.25 bits per heavy atom. The van der Waals surface area contributed by atoms with Crippen molar-refractivity contribution in [3.8, 4) is 0 Å². The molecule has 1 heterocycles. The van der Waals surface area contributed by atoms with Crippen LogP contribution in [0.15, 0.2) is 30.3 Å². The average Bonchev–Trinajstić information content (AvgIpc) is 2.65. The van der Waals surface area contributed by atoms with Crippen molar-refractivity contribution in [2.24, 2.45) is 5.41 Å². The molecule has 86 valence electrons. The van der Waals surface area contributed by atoms with E-state index in [1.165, 1.54) is 6.92 Å². The maximum Gasteiger partial charge on any atom is 0.259 e. The molecule has 1 aliphatic carbocycles. The Hall–Kier alpha value is -1.00. The molecule has 2 aliphatic rings. The second kappa shape index (κ2) is 3.02. The van der Waals surface area contributed by atoms with Gasteiger partial charge < -0.3 is 9.47 Å². The lowest BCUT2D eigenvalue weighted by Gasteiger charge is -2.39. The van der Waals surface area contributed by atoms with Crippen LogP contribution in [0.3, 0.4) is 0 Å². The molecule has 0 bridgehead atoms. The van der Waals surface area contributed by atoms with Gasteiger partial charge in [-0.25, -0.2) is 8.78 Å². The minimum atomic E-state index is -2.64. The number of alkyl halides is 2. The zero-order valence-corrected chi connectivity index (χ0v) is 8.82. The molecule has 2 nitrogen and oxygen atoms in total. The monoisotopic (exact) mass is 226 g/mol. The van der Waals surface area contributed by atoms with Crippen LogP contribution < -0.4 is 0 Å². The quantitative estimate of drug-likeness (QED) is 0.771. The van der Waals surface area contributed by atoms with Gasteiger partial charge in [-0.15, -0.1) is 0 Å². The summed E-state index contributed by atoms with van der Waals surface area (Å²) >= 11 is 0. The normalized spacial score (nSPS) is 40.2. The third-order valence-corrected chi connectivity index (χ3v) is 3.39. The van der Waals surface area contributed by atoms with Crippen molar-refractivity contribution in [2.45, 2.75) is 31.8 Å². The van der Waals surface area contributed by atoms with E-state index in [9.17, 15) is 8.78 Å². The minimum absolute atomic E-state index is 0.147. The molecule has 2 fully saturated rings. The van der Waals surface area contributed by atoms with Gasteiger partial charge >= 0.3 is 0 Å². The van der Waals surface area contributed by atoms with E-state index in [2.05, 4.69) is 0 Å². The molecule has 1 unspecified atom stereocenters. The molecule has 1 aliphatic heterocycles. The van der Waals surface area contributed by atoms with Crippen LogP contribution in [-0.2, 0) is 9.47 Å². The van der Waals surface area contributed by atoms with E-state index < -0.39 is 23.9 Å². The Balaban J connectivity index is 1.64. The first-order valence-corrected chi connectivity index (χ1v) is 5.27. The average molecular weight is 226 g/mol. The zero-order chi connectivity index (χ0) is 11.4. The molecule has 16 heavy (non-hydrogen) atoms. The molecule has 4 heteroatoms. The first-order chi connectivity index (χ1) is 7.53. The van der Waals surface area contributed by atoms with Gasteiger partial charge in [-0.2, -0.15) is 0 Å². The van der Waals surface area contributed by atoms with Crippen LogP contribution in [0.2, 0.25) is 0 Å². The molecular formula is C12H12F2O2. The molecule has 1 aromatic rings. The number of ether oxygens (including phenoxy) is 2. The van der Waals surface area contributed by atoms with Gasteiger partial charge in [-0.05, 0) is 6.92 Å². The molecule has 1 saturated carbocycles. The second-order valence-corrected chi connectivity index (χ2v) is 4.65. The van der Waals surface area contributed by atoms with Crippen LogP contribution >= 0.6 is 0 Å². The summed E-state index contributed by atoms with van der Waals surface area (Å²) in [7, 11) is 0. The molecule has 0 radical (unpaired) electrons. The predicted octanol–water partition coefficient (Wildman–Crippen LogP) is 3.10. The third kappa shape index (κ3) is 1.30. The number of hydrogen-bond acceptors (Lipinski definition) is 2. The maximum absolute atomic E-state index is 13.0. The Labute approximate surface area is 92.2 Å². The van der Waals surface area contributed by atoms with E-state index in [1.807, 2.05) is 30.3 Å². The largest absolute Gasteiger partial charge is 0.318 e. The highest BCUT2D eigenvalue weighted by Crippen LogP contribution is 2.65. The van der Waals surface area contributed by atoms with E-state index >= 15 is 0 Å². The molecular weight excluding hydrogens is 214 g/mol. The summed E-state index contributed by atoms with van der Waals surface area (Å²) in [6.07, 6.45) is -1.40. The number of halogens is 2. The number of hydrogen-bond donors (Lipinski definition) is 0. The van der Waals surface area contributed by atoms with Crippen molar-refractivity contribution in [3.05, 3.63) is 35.9 Å². The first kappa shape index (κ1) is 10.2. The summed E-state index contributed by atoms with van der Waals surface area (Å²) in [5, 5.41) is 0. The summed E-state index contributed by atoms with van der Waals surface area (Å²) in [5.41, 5.74) is -0.260. The SMILES string of the molecule is CC1(C2OC(c3ccccc3)O2)CC1(F)F. The van der Waals surface area contributed by atoms with Gasteiger partial charge in [0.15, 0.2) is 12.6 Å². The van der Waals surface area contributed by atoms with Crippen LogP contribution in [0.25, 0.3) is 0 Å². The Morgan fingerprint density at radius 2 is 1.75 bits per heavy atom. The van der Waals surface area contributed by atoms with E-state index in [0.717, 1.165) is 5.56 Å². The smallest absolute Gasteiger partial charge is 0.259 e. The molecule has 1 saturated heterocycles. The van der Waals surface area contributed by atoms with E-state index in [1.54, 1.807) is 0 Å². The van der Waals surface area contributed by atoms with E-state index in [0.29, 0.717) is 0 Å². The molecule has 3 rings (SSSR count). The topological polar surface area (TPSA) is 18.5 Å². The van der Waals surface area contributed by atoms with Crippen LogP contribution in [0.1, 0.15) is 25.2 Å². The first-order valence-electron chi connectivity index (χ1n) is 5.27. The molecule has 0 amide bonds. The van der Waals surface area contributed by atoms with Crippen LogP contribution in [0.5, 0.6) is 0 Å². The maximum atomic E-state index is 13.0. The lowest BCUT2D eigenvalue weighted by atomic mass is 10.1. The third-order valence-electron chi connectivity index (χ3n) is 3.39. The number of rotatable bonds is 2. The molecule has 0 N–H and O–H groups in total. The van der Waals surface area contributed by atoms with Crippen LogP contribution in [-0.4, -0.2) is 12.2 Å². The summed E-state index contributed by atoms with van der Waals surface area (Å²) in [6, 6.07) is 9.32. The number of benzene rings is 1. The van der Waals surface area contributed by atoms with Gasteiger partial charge in [0.25, 0.3) is 5.92 Å². The summed E-state index contributed by atoms with van der Waals surface area (Å²) in [5.74, 6) is -2.64. The van der Waals surface area contributed by atoms with Crippen molar-refractivity contribution in [3.63, 3.8) is 0 Å². The van der Waals surface area contributed by atoms with Crippen molar-refractivity contribution in [1.29, 1.82) is 0 Å². The van der Waals surface area contributed by atoms with Crippen molar-refractivity contribution < 1.29 is 18.3 Å². The van der Waals surface area contributed by atoms with Crippen molar-refractivity contribution in [1.82, 2.24) is 0 Å². The van der Waals surface area contributed by atoms with Gasteiger partial charge in [-0.3, -0.25) is 0 Å². The molecule has 0 aromatic heterocycles. The lowest BCUT2D eigenvalue weighted by Crippen LogP contribution is -2.42. The fourth-order valence-corrected chi connectivity index (χ4v) is 1.98. The molecule has 0 spiro atoms. The lowest BCUT2D eigenvalue weighted by molar-refractivity contribution is -0.415. The van der Waals surface area contributed by atoms with Gasteiger partial charge in [0, 0.05) is 12.0 Å². The summed E-state index contributed by atoms with van der Waals surface area (Å²) < 4.78 is 36.8. The van der Waals surface area contributed by atoms with Gasteiger partial charge in [0.2, 0.25) is 0 Å². The Morgan fingerprint density at radius 1 is 1.19 bits per heavy atom. The van der Waals surface area contributed by atoms with E-state index in [4.69, 9.17) is 9.47 Å². The van der Waals surface area contributed by atoms with Gasteiger partial charge in [-0.1, -0.05) is 30.3 Å². The highest BCUT2D eigenvalue weighted by molar-refractivity contribution is 5.18. The second-order valence-electron chi connectivity index (χ2n) is 4.65. The fraction of sp³-hybridized carbons (Fsp3) is 0.500. The van der Waals surface area contributed by atoms with Crippen LogP contribution in [0, 0.1) is 5.41 Å². The highest BCUT2D eigenvalue weighted by atomic mass is 19.3. The van der Waals surface area contributed by atoms with Gasteiger partial charge in [0.1, 0.15) is 0 Å². The minimum Gasteiger partial charge on any atom is -0.318 e. The Bertz CT molecular complexity index is 401. The fourth-order valence-electron chi connectivity index (χ4n) is 1.98. The predicted molar refractivity (Wildman–Crippen MR) is 52.8 cm³/mol. The molecule has 1 aromatic carbocycles. The van der Waals surface area contributed by atoms with Crippen LogP contribution in [0.4, 0.5) is 8.78 Å². The van der Waals surface area contributed by atoms with Gasteiger partial charge in [0.05, 0.1) is 5.41 Å². The van der Waals surface area contributed by atoms with E-state index in [-0.39, 0.29) is 6.42 Å². The standard InChI is InChI=1S/C12H12F2O2/c1-11(7-12(11,13)14)10-15-9(16-10)8-5-3-2-4-6-8/h2-6,9-10H,7H2,1H3. The summed E-state index contributed by atoms with van der Waals surface area (Å²) in [6.45, 7) is 1.50. The highest BCUT2D eigenvalue weighted by Gasteiger charge is 2.75. The summed E-state index contributed by atoms with van der Waals surface area (Å²) in [4.78, 5) is 0.